The number of rotatable bonds is 5. The Morgan fingerprint density at radius 2 is 1.95 bits per heavy atom. The summed E-state index contributed by atoms with van der Waals surface area (Å²) in [6, 6.07) is 0. The van der Waals surface area contributed by atoms with Gasteiger partial charge >= 0.3 is 0 Å². The standard InChI is InChI=1S/C16H26BrN3O/c1-21-9-8-20-15(11-17)18-19-16(20)14-7-6-12-4-2-3-5-13(12)10-14/h12-14H,2-11H2,1H3. The van der Waals surface area contributed by atoms with Crippen LogP contribution in [0.15, 0.2) is 0 Å². The lowest BCUT2D eigenvalue weighted by atomic mass is 9.67. The number of nitrogens with zero attached hydrogens (tertiary/aromatic N) is 3. The first-order valence-corrected chi connectivity index (χ1v) is 9.42. The van der Waals surface area contributed by atoms with E-state index in [9.17, 15) is 0 Å². The summed E-state index contributed by atoms with van der Waals surface area (Å²) < 4.78 is 7.53. The van der Waals surface area contributed by atoms with Crippen molar-refractivity contribution >= 4 is 15.9 Å². The van der Waals surface area contributed by atoms with E-state index < -0.39 is 0 Å². The fourth-order valence-corrected chi connectivity index (χ4v) is 4.70. The van der Waals surface area contributed by atoms with Crippen LogP contribution in [0.2, 0.25) is 0 Å². The van der Waals surface area contributed by atoms with Crippen molar-refractivity contribution in [3.8, 4) is 0 Å². The first-order valence-electron chi connectivity index (χ1n) is 8.30. The number of halogens is 1. The molecule has 0 N–H and O–H groups in total. The molecule has 3 atom stereocenters. The van der Waals surface area contributed by atoms with Crippen LogP contribution in [-0.2, 0) is 16.6 Å². The highest BCUT2D eigenvalue weighted by molar-refractivity contribution is 9.08. The van der Waals surface area contributed by atoms with Crippen LogP contribution >= 0.6 is 15.9 Å². The Hall–Kier alpha value is -0.420. The Bertz CT molecular complexity index is 462. The molecule has 1 heterocycles. The molecule has 4 nitrogen and oxygen atoms in total. The van der Waals surface area contributed by atoms with Gasteiger partial charge in [0.2, 0.25) is 0 Å². The van der Waals surface area contributed by atoms with Gasteiger partial charge in [0.25, 0.3) is 0 Å². The van der Waals surface area contributed by atoms with E-state index in [0.717, 1.165) is 36.1 Å². The van der Waals surface area contributed by atoms with E-state index >= 15 is 0 Å². The Kier molecular flexibility index (Phi) is 5.33. The summed E-state index contributed by atoms with van der Waals surface area (Å²) in [7, 11) is 1.76. The molecule has 3 unspecified atom stereocenters. The summed E-state index contributed by atoms with van der Waals surface area (Å²) in [6.07, 6.45) is 9.75. The smallest absolute Gasteiger partial charge is 0.143 e. The van der Waals surface area contributed by atoms with Crippen LogP contribution in [0, 0.1) is 11.8 Å². The average molecular weight is 356 g/mol. The lowest BCUT2D eigenvalue weighted by Gasteiger charge is -2.39. The van der Waals surface area contributed by atoms with Crippen LogP contribution < -0.4 is 0 Å². The molecule has 1 aromatic heterocycles. The summed E-state index contributed by atoms with van der Waals surface area (Å²) >= 11 is 3.53. The topological polar surface area (TPSA) is 39.9 Å². The third-order valence-electron chi connectivity index (χ3n) is 5.40. The number of aromatic nitrogens is 3. The van der Waals surface area contributed by atoms with E-state index in [2.05, 4.69) is 30.7 Å². The maximum absolute atomic E-state index is 5.25. The van der Waals surface area contributed by atoms with Crippen molar-refractivity contribution in [2.24, 2.45) is 11.8 Å². The van der Waals surface area contributed by atoms with E-state index in [1.54, 1.807) is 7.11 Å². The maximum Gasteiger partial charge on any atom is 0.143 e. The Balaban J connectivity index is 1.75. The minimum atomic E-state index is 0.599. The minimum absolute atomic E-state index is 0.599. The molecule has 2 saturated carbocycles. The van der Waals surface area contributed by atoms with Crippen molar-refractivity contribution in [3.63, 3.8) is 0 Å². The van der Waals surface area contributed by atoms with E-state index in [1.165, 1.54) is 50.8 Å². The molecule has 2 fully saturated rings. The second-order valence-electron chi connectivity index (χ2n) is 6.57. The largest absolute Gasteiger partial charge is 0.383 e. The van der Waals surface area contributed by atoms with E-state index in [1.807, 2.05) is 0 Å². The molecule has 21 heavy (non-hydrogen) atoms. The highest BCUT2D eigenvalue weighted by Gasteiger charge is 2.34. The van der Waals surface area contributed by atoms with E-state index in [0.29, 0.717) is 5.92 Å². The molecule has 0 spiro atoms. The maximum atomic E-state index is 5.25. The first-order chi connectivity index (χ1) is 10.3. The number of methoxy groups -OCH3 is 1. The van der Waals surface area contributed by atoms with Gasteiger partial charge in [0, 0.05) is 19.6 Å². The summed E-state index contributed by atoms with van der Waals surface area (Å²) in [6.45, 7) is 1.59. The van der Waals surface area contributed by atoms with Gasteiger partial charge in [-0.05, 0) is 31.1 Å². The van der Waals surface area contributed by atoms with Crippen molar-refractivity contribution in [2.45, 2.75) is 62.7 Å². The van der Waals surface area contributed by atoms with Crippen LogP contribution in [-0.4, -0.2) is 28.5 Å². The van der Waals surface area contributed by atoms with Crippen molar-refractivity contribution in [3.05, 3.63) is 11.6 Å². The fourth-order valence-electron chi connectivity index (χ4n) is 4.28. The van der Waals surface area contributed by atoms with Crippen molar-refractivity contribution in [2.75, 3.05) is 13.7 Å². The van der Waals surface area contributed by atoms with Gasteiger partial charge in [0.1, 0.15) is 11.6 Å². The lowest BCUT2D eigenvalue weighted by molar-refractivity contribution is 0.149. The second kappa shape index (κ2) is 7.23. The highest BCUT2D eigenvalue weighted by atomic mass is 79.9. The van der Waals surface area contributed by atoms with Gasteiger partial charge in [0.05, 0.1) is 11.9 Å². The zero-order chi connectivity index (χ0) is 14.7. The molecule has 0 radical (unpaired) electrons. The molecule has 3 rings (SSSR count). The van der Waals surface area contributed by atoms with Gasteiger partial charge in [-0.3, -0.25) is 0 Å². The Labute approximate surface area is 135 Å². The molecule has 0 aliphatic heterocycles. The molecular weight excluding hydrogens is 330 g/mol. The molecule has 0 amide bonds. The Morgan fingerprint density at radius 3 is 2.71 bits per heavy atom. The van der Waals surface area contributed by atoms with Crippen LogP contribution in [0.5, 0.6) is 0 Å². The molecule has 2 aliphatic carbocycles. The predicted octanol–water partition coefficient (Wildman–Crippen LogP) is 3.89. The molecule has 0 aromatic carbocycles. The van der Waals surface area contributed by atoms with Gasteiger partial charge in [-0.1, -0.05) is 41.6 Å². The fraction of sp³-hybridized carbons (Fsp3) is 0.875. The SMILES string of the molecule is COCCn1c(CBr)nnc1C1CCC2CCCCC2C1. The molecule has 1 aromatic rings. The molecule has 118 valence electrons. The van der Waals surface area contributed by atoms with Crippen molar-refractivity contribution < 1.29 is 4.74 Å². The van der Waals surface area contributed by atoms with Gasteiger partial charge in [-0.25, -0.2) is 0 Å². The molecule has 0 saturated heterocycles. The number of fused-ring (bicyclic) bond motifs is 1. The molecule has 5 heteroatoms. The third kappa shape index (κ3) is 3.34. The Morgan fingerprint density at radius 1 is 1.14 bits per heavy atom. The van der Waals surface area contributed by atoms with Crippen LogP contribution in [0.25, 0.3) is 0 Å². The molecular formula is C16H26BrN3O. The summed E-state index contributed by atoms with van der Waals surface area (Å²) in [5.74, 6) is 4.75. The lowest BCUT2D eigenvalue weighted by Crippen LogP contribution is -2.28. The van der Waals surface area contributed by atoms with Crippen molar-refractivity contribution in [1.82, 2.24) is 14.8 Å². The first kappa shape index (κ1) is 15.5. The van der Waals surface area contributed by atoms with E-state index in [-0.39, 0.29) is 0 Å². The average Bonchev–Trinajstić information content (AvgIpc) is 2.95. The van der Waals surface area contributed by atoms with Crippen LogP contribution in [0.4, 0.5) is 0 Å². The minimum Gasteiger partial charge on any atom is -0.383 e. The second-order valence-corrected chi connectivity index (χ2v) is 7.13. The molecule has 0 bridgehead atoms. The number of hydrogen-bond donors (Lipinski definition) is 0. The van der Waals surface area contributed by atoms with Gasteiger partial charge in [-0.15, -0.1) is 10.2 Å². The number of alkyl halides is 1. The third-order valence-corrected chi connectivity index (χ3v) is 5.90. The zero-order valence-corrected chi connectivity index (χ0v) is 14.5. The monoisotopic (exact) mass is 355 g/mol. The normalized spacial score (nSPS) is 29.3. The van der Waals surface area contributed by atoms with Crippen LogP contribution in [0.1, 0.15) is 62.5 Å². The summed E-state index contributed by atoms with van der Waals surface area (Å²) in [5, 5.41) is 9.67. The highest BCUT2D eigenvalue weighted by Crippen LogP contribution is 2.45. The van der Waals surface area contributed by atoms with Crippen LogP contribution in [0.3, 0.4) is 0 Å². The quantitative estimate of drug-likeness (QED) is 0.752. The number of hydrogen-bond acceptors (Lipinski definition) is 3. The predicted molar refractivity (Wildman–Crippen MR) is 86.6 cm³/mol. The summed E-state index contributed by atoms with van der Waals surface area (Å²) in [4.78, 5) is 0. The van der Waals surface area contributed by atoms with E-state index in [4.69, 9.17) is 4.74 Å². The van der Waals surface area contributed by atoms with Gasteiger partial charge in [-0.2, -0.15) is 0 Å². The van der Waals surface area contributed by atoms with Gasteiger partial charge in [0.15, 0.2) is 0 Å². The van der Waals surface area contributed by atoms with Crippen molar-refractivity contribution in [1.29, 1.82) is 0 Å². The zero-order valence-electron chi connectivity index (χ0n) is 12.9. The molecule has 2 aliphatic rings. The van der Waals surface area contributed by atoms with Gasteiger partial charge < -0.3 is 9.30 Å². The number of ether oxygens (including phenoxy) is 1. The summed E-state index contributed by atoms with van der Waals surface area (Å²) in [5.41, 5.74) is 0.